The van der Waals surface area contributed by atoms with Gasteiger partial charge in [0.15, 0.2) is 0 Å². The molecule has 0 atom stereocenters. The van der Waals surface area contributed by atoms with E-state index in [2.05, 4.69) is 4.98 Å². The summed E-state index contributed by atoms with van der Waals surface area (Å²) in [6.07, 6.45) is 0.625. The van der Waals surface area contributed by atoms with Crippen LogP contribution in [0.3, 0.4) is 0 Å². The molecule has 0 aliphatic carbocycles. The molecule has 7 heteroatoms. The van der Waals surface area contributed by atoms with Crippen molar-refractivity contribution < 1.29 is 4.74 Å². The lowest BCUT2D eigenvalue weighted by molar-refractivity contribution is 0.476. The van der Waals surface area contributed by atoms with Crippen LogP contribution in [-0.4, -0.2) is 14.1 Å². The zero-order valence-corrected chi connectivity index (χ0v) is 17.2. The van der Waals surface area contributed by atoms with E-state index in [9.17, 15) is 14.4 Å². The van der Waals surface area contributed by atoms with Gasteiger partial charge in [-0.15, -0.1) is 0 Å². The first-order valence-electron chi connectivity index (χ1n) is 9.89. The summed E-state index contributed by atoms with van der Waals surface area (Å²) in [6.45, 7) is 3.81. The lowest BCUT2D eigenvalue weighted by Gasteiger charge is -2.13. The number of H-pyrrole nitrogens is 1. The number of aromatic amines is 1. The van der Waals surface area contributed by atoms with Crippen LogP contribution in [-0.2, 0) is 6.42 Å². The Hall–Kier alpha value is -4.13. The summed E-state index contributed by atoms with van der Waals surface area (Å²) in [7, 11) is 0. The number of nitrogens with zero attached hydrogens (tertiary/aromatic N) is 2. The normalized spacial score (nSPS) is 10.8. The van der Waals surface area contributed by atoms with Crippen molar-refractivity contribution in [2.75, 3.05) is 0 Å². The molecule has 0 spiro atoms. The minimum absolute atomic E-state index is 0.352. The summed E-state index contributed by atoms with van der Waals surface area (Å²) < 4.78 is 7.85. The minimum atomic E-state index is -0.794. The average Bonchev–Trinajstić information content (AvgIpc) is 2.75. The highest BCUT2D eigenvalue weighted by atomic mass is 16.5. The molecule has 0 unspecified atom stereocenters. The van der Waals surface area contributed by atoms with Gasteiger partial charge >= 0.3 is 17.1 Å². The number of aryl methyl sites for hydroxylation is 2. The van der Waals surface area contributed by atoms with E-state index in [1.54, 1.807) is 36.4 Å². The summed E-state index contributed by atoms with van der Waals surface area (Å²) in [5.41, 5.74) is 0.135. The van der Waals surface area contributed by atoms with Gasteiger partial charge in [0.25, 0.3) is 0 Å². The van der Waals surface area contributed by atoms with Gasteiger partial charge in [0, 0.05) is 0 Å². The van der Waals surface area contributed by atoms with Crippen LogP contribution < -0.4 is 21.8 Å². The topological polar surface area (TPSA) is 86.1 Å². The van der Waals surface area contributed by atoms with Gasteiger partial charge in [-0.05, 0) is 66.9 Å². The van der Waals surface area contributed by atoms with E-state index in [1.165, 1.54) is 0 Å². The molecule has 0 aliphatic rings. The molecule has 4 aromatic rings. The van der Waals surface area contributed by atoms with Crippen LogP contribution >= 0.6 is 0 Å². The Balaban J connectivity index is 1.85. The molecular formula is C24H21N3O4. The van der Waals surface area contributed by atoms with Crippen LogP contribution in [0.25, 0.3) is 11.4 Å². The molecule has 1 N–H and O–H groups in total. The fraction of sp³-hybridized carbons (Fsp3) is 0.125. The van der Waals surface area contributed by atoms with Gasteiger partial charge in [-0.2, -0.15) is 0 Å². The van der Waals surface area contributed by atoms with Crippen molar-refractivity contribution in [1.82, 2.24) is 14.1 Å². The van der Waals surface area contributed by atoms with Crippen molar-refractivity contribution in [1.29, 1.82) is 0 Å². The second kappa shape index (κ2) is 8.31. The first-order chi connectivity index (χ1) is 15.0. The van der Waals surface area contributed by atoms with E-state index in [0.29, 0.717) is 29.3 Å². The van der Waals surface area contributed by atoms with E-state index in [0.717, 1.165) is 20.3 Å². The molecule has 1 aromatic heterocycles. The van der Waals surface area contributed by atoms with Gasteiger partial charge in [-0.3, -0.25) is 4.98 Å². The van der Waals surface area contributed by atoms with Gasteiger partial charge in [-0.1, -0.05) is 37.3 Å². The number of rotatable bonds is 5. The highest BCUT2D eigenvalue weighted by Crippen LogP contribution is 2.27. The zero-order valence-electron chi connectivity index (χ0n) is 17.2. The maximum atomic E-state index is 13.2. The molecule has 0 radical (unpaired) electrons. The number of aromatic nitrogens is 3. The Labute approximate surface area is 177 Å². The van der Waals surface area contributed by atoms with Crippen LogP contribution in [0.5, 0.6) is 11.5 Å². The number of ether oxygens (including phenoxy) is 1. The summed E-state index contributed by atoms with van der Waals surface area (Å²) in [4.78, 5) is 40.4. The van der Waals surface area contributed by atoms with E-state index < -0.39 is 17.1 Å². The van der Waals surface area contributed by atoms with Gasteiger partial charge < -0.3 is 4.74 Å². The van der Waals surface area contributed by atoms with Crippen LogP contribution in [0.4, 0.5) is 0 Å². The molecule has 0 fully saturated rings. The van der Waals surface area contributed by atoms with E-state index >= 15 is 0 Å². The van der Waals surface area contributed by atoms with Gasteiger partial charge in [-0.25, -0.2) is 23.5 Å². The maximum absolute atomic E-state index is 13.2. The maximum Gasteiger partial charge on any atom is 0.345 e. The number of benzene rings is 3. The van der Waals surface area contributed by atoms with E-state index in [4.69, 9.17) is 4.74 Å². The van der Waals surface area contributed by atoms with Crippen molar-refractivity contribution in [3.63, 3.8) is 0 Å². The van der Waals surface area contributed by atoms with Crippen LogP contribution in [0, 0.1) is 6.92 Å². The predicted molar refractivity (Wildman–Crippen MR) is 119 cm³/mol. The third-order valence-electron chi connectivity index (χ3n) is 4.92. The number of nitrogens with one attached hydrogen (secondary N) is 1. The summed E-state index contributed by atoms with van der Waals surface area (Å²) in [6, 6.07) is 21.4. The Morgan fingerprint density at radius 3 is 2.13 bits per heavy atom. The van der Waals surface area contributed by atoms with Crippen LogP contribution in [0.2, 0.25) is 0 Å². The predicted octanol–water partition coefficient (Wildman–Crippen LogP) is 3.34. The highest BCUT2D eigenvalue weighted by molar-refractivity contribution is 5.46. The van der Waals surface area contributed by atoms with Crippen molar-refractivity contribution in [3.8, 4) is 22.9 Å². The van der Waals surface area contributed by atoms with Gasteiger partial charge in [0.1, 0.15) is 11.5 Å². The largest absolute Gasteiger partial charge is 0.457 e. The second-order valence-corrected chi connectivity index (χ2v) is 7.09. The van der Waals surface area contributed by atoms with Crippen LogP contribution in [0.15, 0.2) is 87.2 Å². The number of para-hydroxylation sites is 1. The molecule has 4 rings (SSSR count). The molecule has 1 heterocycles. The number of hydrogen-bond donors (Lipinski definition) is 1. The van der Waals surface area contributed by atoms with Crippen molar-refractivity contribution in [3.05, 3.63) is 115 Å². The molecular weight excluding hydrogens is 394 g/mol. The lowest BCUT2D eigenvalue weighted by atomic mass is 10.1. The Morgan fingerprint density at radius 2 is 1.48 bits per heavy atom. The first kappa shape index (κ1) is 20.2. The summed E-state index contributed by atoms with van der Waals surface area (Å²) in [5.74, 6) is 1.32. The highest BCUT2D eigenvalue weighted by Gasteiger charge is 2.15. The molecule has 0 aliphatic heterocycles. The monoisotopic (exact) mass is 415 g/mol. The molecule has 31 heavy (non-hydrogen) atoms. The van der Waals surface area contributed by atoms with Crippen molar-refractivity contribution in [2.45, 2.75) is 20.3 Å². The Kier molecular flexibility index (Phi) is 5.41. The Morgan fingerprint density at radius 1 is 0.806 bits per heavy atom. The average molecular weight is 415 g/mol. The van der Waals surface area contributed by atoms with E-state index in [1.807, 2.05) is 50.2 Å². The van der Waals surface area contributed by atoms with Gasteiger partial charge in [0.05, 0.1) is 11.4 Å². The summed E-state index contributed by atoms with van der Waals surface area (Å²) >= 11 is 0. The minimum Gasteiger partial charge on any atom is -0.457 e. The molecule has 7 nitrogen and oxygen atoms in total. The molecule has 156 valence electrons. The second-order valence-electron chi connectivity index (χ2n) is 7.09. The lowest BCUT2D eigenvalue weighted by Crippen LogP contribution is -2.48. The molecule has 0 saturated heterocycles. The first-order valence-corrected chi connectivity index (χ1v) is 9.89. The third-order valence-corrected chi connectivity index (χ3v) is 4.92. The molecule has 0 amide bonds. The van der Waals surface area contributed by atoms with E-state index in [-0.39, 0.29) is 0 Å². The zero-order chi connectivity index (χ0) is 22.0. The quantitative estimate of drug-likeness (QED) is 0.542. The molecule has 0 saturated carbocycles. The fourth-order valence-electron chi connectivity index (χ4n) is 3.40. The smallest absolute Gasteiger partial charge is 0.345 e. The molecule has 3 aromatic carbocycles. The fourth-order valence-corrected chi connectivity index (χ4v) is 3.40. The Bertz CT molecular complexity index is 1420. The third kappa shape index (κ3) is 3.98. The SMILES string of the molecule is CCc1cc(-n2c(=O)[nH]c(=O)n(-c3cccc(C)c3)c2=O)ccc1Oc1ccccc1. The summed E-state index contributed by atoms with van der Waals surface area (Å²) in [5, 5.41) is 0. The standard InChI is InChI=1S/C24H21N3O4/c1-3-17-15-19(12-13-21(17)31-20-10-5-4-6-11-20)27-23(29)25-22(28)26(24(27)30)18-9-7-8-16(2)14-18/h4-15H,3H2,1-2H3,(H,25,28,29). The van der Waals surface area contributed by atoms with Crippen molar-refractivity contribution >= 4 is 0 Å². The van der Waals surface area contributed by atoms with Crippen molar-refractivity contribution in [2.24, 2.45) is 0 Å². The van der Waals surface area contributed by atoms with Crippen LogP contribution in [0.1, 0.15) is 18.1 Å². The number of hydrogen-bond acceptors (Lipinski definition) is 4. The molecule has 0 bridgehead atoms. The van der Waals surface area contributed by atoms with Gasteiger partial charge in [0.2, 0.25) is 0 Å².